The lowest BCUT2D eigenvalue weighted by molar-refractivity contribution is -0.128. The molecule has 0 aromatic heterocycles. The predicted molar refractivity (Wildman–Crippen MR) is 97.6 cm³/mol. The maximum absolute atomic E-state index is 12.9. The Hall–Kier alpha value is -3.46. The van der Waals surface area contributed by atoms with Crippen LogP contribution in [0.25, 0.3) is 11.1 Å². The highest BCUT2D eigenvalue weighted by molar-refractivity contribution is 6.12. The van der Waals surface area contributed by atoms with Gasteiger partial charge < -0.3 is 4.74 Å². The monoisotopic (exact) mass is 328 g/mol. The molecule has 3 rings (SSSR count). The van der Waals surface area contributed by atoms with Crippen LogP contribution in [0.3, 0.4) is 0 Å². The van der Waals surface area contributed by atoms with Crippen LogP contribution in [-0.4, -0.2) is 11.8 Å². The predicted octanol–water partition coefficient (Wildman–Crippen LogP) is 4.68. The summed E-state index contributed by atoms with van der Waals surface area (Å²) in [4.78, 5) is 24.7. The highest BCUT2D eigenvalue weighted by Gasteiger charge is 2.20. The Kier molecular flexibility index (Phi) is 4.86. The number of hydrogen-bond donors (Lipinski definition) is 0. The summed E-state index contributed by atoms with van der Waals surface area (Å²) in [6.07, 6.45) is 1.08. The van der Waals surface area contributed by atoms with E-state index in [1.165, 1.54) is 0 Å². The van der Waals surface area contributed by atoms with E-state index >= 15 is 0 Å². The van der Waals surface area contributed by atoms with E-state index in [9.17, 15) is 9.59 Å². The highest BCUT2D eigenvalue weighted by Crippen LogP contribution is 2.34. The van der Waals surface area contributed by atoms with Crippen LogP contribution < -0.4 is 4.74 Å². The van der Waals surface area contributed by atoms with Crippen LogP contribution in [0.5, 0.6) is 5.75 Å². The third-order valence-corrected chi connectivity index (χ3v) is 3.75. The number of benzene rings is 3. The number of carbonyl (C=O) groups is 2. The molecule has 3 nitrogen and oxygen atoms in total. The van der Waals surface area contributed by atoms with E-state index in [1.54, 1.807) is 36.4 Å². The van der Waals surface area contributed by atoms with Gasteiger partial charge in [0.25, 0.3) is 0 Å². The van der Waals surface area contributed by atoms with Gasteiger partial charge in [-0.05, 0) is 11.6 Å². The molecule has 3 aromatic carbocycles. The first-order valence-electron chi connectivity index (χ1n) is 7.83. The molecule has 0 fully saturated rings. The van der Waals surface area contributed by atoms with Crippen LogP contribution >= 0.6 is 0 Å². The summed E-state index contributed by atoms with van der Waals surface area (Å²) in [5.41, 5.74) is 2.40. The second-order valence-corrected chi connectivity index (χ2v) is 5.37. The molecule has 0 aliphatic heterocycles. The van der Waals surface area contributed by atoms with Crippen LogP contribution in [0.2, 0.25) is 0 Å². The Bertz CT molecular complexity index is 913. The number of carbonyl (C=O) groups excluding carboxylic acids is 2. The summed E-state index contributed by atoms with van der Waals surface area (Å²) < 4.78 is 5.45. The quantitative estimate of drug-likeness (QED) is 0.296. The third kappa shape index (κ3) is 3.56. The number of hydrogen-bond acceptors (Lipinski definition) is 3. The molecule has 0 heterocycles. The summed E-state index contributed by atoms with van der Waals surface area (Å²) in [7, 11) is 0. The van der Waals surface area contributed by atoms with Crippen molar-refractivity contribution in [1.82, 2.24) is 0 Å². The molecule has 3 aromatic rings. The average Bonchev–Trinajstić information content (AvgIpc) is 2.69. The first-order chi connectivity index (χ1) is 12.2. The summed E-state index contributed by atoms with van der Waals surface area (Å²) in [5, 5.41) is 0. The Labute approximate surface area is 146 Å². The highest BCUT2D eigenvalue weighted by atomic mass is 16.5. The fourth-order valence-electron chi connectivity index (χ4n) is 2.56. The van der Waals surface area contributed by atoms with E-state index in [-0.39, 0.29) is 11.5 Å². The van der Waals surface area contributed by atoms with Gasteiger partial charge in [-0.15, -0.1) is 0 Å². The lowest BCUT2D eigenvalue weighted by Crippen LogP contribution is -2.10. The van der Waals surface area contributed by atoms with E-state index in [4.69, 9.17) is 4.74 Å². The Balaban J connectivity index is 2.16. The Morgan fingerprint density at radius 2 is 1.44 bits per heavy atom. The molecular weight excluding hydrogens is 312 g/mol. The number of esters is 1. The molecule has 0 spiro atoms. The molecule has 0 unspecified atom stereocenters. The fraction of sp³-hybridized carbons (Fsp3) is 0. The van der Waals surface area contributed by atoms with E-state index in [0.29, 0.717) is 16.7 Å². The van der Waals surface area contributed by atoms with Gasteiger partial charge in [0.1, 0.15) is 5.75 Å². The van der Waals surface area contributed by atoms with Gasteiger partial charge in [-0.1, -0.05) is 79.4 Å². The fourth-order valence-corrected chi connectivity index (χ4v) is 2.56. The van der Waals surface area contributed by atoms with Crippen molar-refractivity contribution < 1.29 is 14.3 Å². The van der Waals surface area contributed by atoms with Crippen molar-refractivity contribution in [3.05, 3.63) is 103 Å². The molecule has 0 atom stereocenters. The first-order valence-corrected chi connectivity index (χ1v) is 7.83. The normalized spacial score (nSPS) is 10.1. The van der Waals surface area contributed by atoms with E-state index in [1.807, 2.05) is 42.5 Å². The maximum Gasteiger partial charge on any atom is 0.335 e. The van der Waals surface area contributed by atoms with Crippen LogP contribution in [0.4, 0.5) is 0 Å². The zero-order valence-corrected chi connectivity index (χ0v) is 13.5. The second kappa shape index (κ2) is 7.41. The molecule has 122 valence electrons. The van der Waals surface area contributed by atoms with Crippen molar-refractivity contribution in [3.63, 3.8) is 0 Å². The lowest BCUT2D eigenvalue weighted by Gasteiger charge is -2.14. The van der Waals surface area contributed by atoms with Gasteiger partial charge in [0.05, 0.1) is 5.56 Å². The Morgan fingerprint density at radius 1 is 0.800 bits per heavy atom. The largest absolute Gasteiger partial charge is 0.422 e. The molecule has 0 aliphatic rings. The zero-order chi connectivity index (χ0) is 17.6. The van der Waals surface area contributed by atoms with Gasteiger partial charge in [0, 0.05) is 17.2 Å². The number of para-hydroxylation sites is 1. The van der Waals surface area contributed by atoms with Crippen LogP contribution in [-0.2, 0) is 4.79 Å². The summed E-state index contributed by atoms with van der Waals surface area (Å²) in [5.74, 6) is -0.566. The molecule has 0 saturated heterocycles. The van der Waals surface area contributed by atoms with Crippen LogP contribution in [0, 0.1) is 0 Å². The number of ketones is 1. The van der Waals surface area contributed by atoms with Crippen LogP contribution in [0.1, 0.15) is 15.9 Å². The van der Waals surface area contributed by atoms with Crippen molar-refractivity contribution in [2.45, 2.75) is 0 Å². The van der Waals surface area contributed by atoms with Crippen molar-refractivity contribution in [3.8, 4) is 16.9 Å². The van der Waals surface area contributed by atoms with Gasteiger partial charge in [0.15, 0.2) is 5.78 Å². The third-order valence-electron chi connectivity index (χ3n) is 3.75. The molecule has 0 N–H and O–H groups in total. The molecule has 0 bridgehead atoms. The second-order valence-electron chi connectivity index (χ2n) is 5.37. The number of ether oxygens (including phenoxy) is 1. The van der Waals surface area contributed by atoms with Crippen LogP contribution in [0.15, 0.2) is 91.5 Å². The molecule has 0 amide bonds. The molecule has 3 heteroatoms. The lowest BCUT2D eigenvalue weighted by atomic mass is 9.96. The first kappa shape index (κ1) is 16.4. The van der Waals surface area contributed by atoms with Gasteiger partial charge in [-0.2, -0.15) is 0 Å². The smallest absolute Gasteiger partial charge is 0.335 e. The molecule has 0 saturated carbocycles. The molecule has 25 heavy (non-hydrogen) atoms. The van der Waals surface area contributed by atoms with Crippen molar-refractivity contribution >= 4 is 11.8 Å². The Morgan fingerprint density at radius 3 is 2.08 bits per heavy atom. The SMILES string of the molecule is C=CC(=O)Oc1c(C(=O)c2ccccc2)cccc1-c1ccccc1. The van der Waals surface area contributed by atoms with E-state index in [2.05, 4.69) is 6.58 Å². The van der Waals surface area contributed by atoms with Gasteiger partial charge >= 0.3 is 5.97 Å². The minimum atomic E-state index is -0.606. The molecule has 0 radical (unpaired) electrons. The zero-order valence-electron chi connectivity index (χ0n) is 13.5. The van der Waals surface area contributed by atoms with Gasteiger partial charge in [-0.25, -0.2) is 4.79 Å². The molecular formula is C22H16O3. The van der Waals surface area contributed by atoms with E-state index in [0.717, 1.165) is 11.6 Å². The van der Waals surface area contributed by atoms with Gasteiger partial charge in [0.2, 0.25) is 0 Å². The van der Waals surface area contributed by atoms with E-state index < -0.39 is 5.97 Å². The summed E-state index contributed by atoms with van der Waals surface area (Å²) in [6, 6.07) is 23.6. The topological polar surface area (TPSA) is 43.4 Å². The van der Waals surface area contributed by atoms with Crippen molar-refractivity contribution in [1.29, 1.82) is 0 Å². The average molecular weight is 328 g/mol. The van der Waals surface area contributed by atoms with Crippen molar-refractivity contribution in [2.24, 2.45) is 0 Å². The van der Waals surface area contributed by atoms with Crippen molar-refractivity contribution in [2.75, 3.05) is 0 Å². The summed E-state index contributed by atoms with van der Waals surface area (Å²) >= 11 is 0. The minimum absolute atomic E-state index is 0.203. The molecule has 0 aliphatic carbocycles. The maximum atomic E-state index is 12.9. The number of rotatable bonds is 5. The minimum Gasteiger partial charge on any atom is -0.422 e. The summed E-state index contributed by atoms with van der Waals surface area (Å²) in [6.45, 7) is 3.43. The standard InChI is InChI=1S/C22H16O3/c1-2-20(23)25-22-18(16-10-5-3-6-11-16)14-9-15-19(22)21(24)17-12-7-4-8-13-17/h2-15H,1H2. The van der Waals surface area contributed by atoms with Gasteiger partial charge in [-0.3, -0.25) is 4.79 Å².